The lowest BCUT2D eigenvalue weighted by atomic mass is 9.95. The third kappa shape index (κ3) is 4.23. The Morgan fingerprint density at radius 3 is 2.54 bits per heavy atom. The lowest BCUT2D eigenvalue weighted by molar-refractivity contribution is 0.0474. The highest BCUT2D eigenvalue weighted by Crippen LogP contribution is 2.28. The average Bonchev–Trinajstić information content (AvgIpc) is 3.16. The third-order valence-electron chi connectivity index (χ3n) is 6.27. The number of nitrogens with zero attached hydrogens (tertiary/aromatic N) is 2. The molecule has 2 aromatic heterocycles. The fourth-order valence-corrected chi connectivity index (χ4v) is 4.59. The van der Waals surface area contributed by atoms with Crippen molar-refractivity contribution < 1.29 is 13.9 Å². The summed E-state index contributed by atoms with van der Waals surface area (Å²) in [5.41, 5.74) is 5.90. The molecule has 2 heterocycles. The molecule has 0 bridgehead atoms. The minimum atomic E-state index is -0.476. The normalized spacial score (nSPS) is 11.5. The Labute approximate surface area is 202 Å². The summed E-state index contributed by atoms with van der Waals surface area (Å²) in [5.74, 6) is 0.666. The quantitative estimate of drug-likeness (QED) is 0.227. The Morgan fingerprint density at radius 2 is 1.80 bits per heavy atom. The molecule has 0 spiro atoms. The van der Waals surface area contributed by atoms with Crippen LogP contribution < -0.4 is 5.63 Å². The van der Waals surface area contributed by atoms with Crippen LogP contribution in [-0.4, -0.2) is 15.5 Å². The third-order valence-corrected chi connectivity index (χ3v) is 6.27. The van der Waals surface area contributed by atoms with Crippen molar-refractivity contribution in [1.29, 1.82) is 0 Å². The summed E-state index contributed by atoms with van der Waals surface area (Å²) in [6, 6.07) is 20.6. The molecular weight excluding hydrogens is 440 g/mol. The van der Waals surface area contributed by atoms with Crippen LogP contribution in [0.5, 0.6) is 0 Å². The van der Waals surface area contributed by atoms with E-state index in [-0.39, 0.29) is 6.61 Å². The summed E-state index contributed by atoms with van der Waals surface area (Å²) >= 11 is 0. The summed E-state index contributed by atoms with van der Waals surface area (Å²) < 4.78 is 13.1. The van der Waals surface area contributed by atoms with Gasteiger partial charge in [-0.15, -0.1) is 0 Å². The first-order valence-electron chi connectivity index (χ1n) is 11.6. The predicted octanol–water partition coefficient (Wildman–Crippen LogP) is 6.23. The average molecular weight is 467 g/mol. The van der Waals surface area contributed by atoms with Crippen LogP contribution in [0.15, 0.2) is 75.9 Å². The highest BCUT2D eigenvalue weighted by molar-refractivity contribution is 5.94. The Morgan fingerprint density at radius 1 is 1.03 bits per heavy atom. The van der Waals surface area contributed by atoms with Gasteiger partial charge < -0.3 is 9.15 Å². The van der Waals surface area contributed by atoms with Gasteiger partial charge in [0.2, 0.25) is 0 Å². The zero-order valence-electron chi connectivity index (χ0n) is 20.2. The lowest BCUT2D eigenvalue weighted by Crippen LogP contribution is -2.08. The molecule has 0 radical (unpaired) electrons. The van der Waals surface area contributed by atoms with Gasteiger partial charge in [-0.3, -0.25) is 4.57 Å². The zero-order chi connectivity index (χ0) is 24.7. The van der Waals surface area contributed by atoms with Gasteiger partial charge in [0.1, 0.15) is 18.0 Å². The standard InChI is InChI=1S/C29H26N2O4/c1-17(2)23-15-24-21(14-28(32)35-27(24)12-18(23)3)16-34-29(33)20-10-11-26-25(13-20)30-19(4)31(26)22-8-6-5-7-9-22/h5-15,17H,16H2,1-4H3. The number of para-hydroxylation sites is 1. The Kier molecular flexibility index (Phi) is 5.73. The van der Waals surface area contributed by atoms with Gasteiger partial charge in [0.25, 0.3) is 0 Å². The number of ether oxygens (including phenoxy) is 1. The van der Waals surface area contributed by atoms with E-state index in [1.54, 1.807) is 12.1 Å². The minimum Gasteiger partial charge on any atom is -0.457 e. The van der Waals surface area contributed by atoms with Crippen molar-refractivity contribution in [2.75, 3.05) is 0 Å². The summed E-state index contributed by atoms with van der Waals surface area (Å²) in [4.78, 5) is 29.7. The van der Waals surface area contributed by atoms with Crippen LogP contribution in [0, 0.1) is 13.8 Å². The molecule has 176 valence electrons. The van der Waals surface area contributed by atoms with E-state index in [0.717, 1.165) is 33.5 Å². The van der Waals surface area contributed by atoms with E-state index in [1.807, 2.05) is 66.9 Å². The Balaban J connectivity index is 1.44. The number of fused-ring (bicyclic) bond motifs is 2. The van der Waals surface area contributed by atoms with Crippen molar-refractivity contribution in [3.8, 4) is 5.69 Å². The van der Waals surface area contributed by atoms with E-state index in [4.69, 9.17) is 9.15 Å². The Hall–Kier alpha value is -4.19. The molecule has 0 saturated carbocycles. The first-order chi connectivity index (χ1) is 16.8. The molecule has 0 fully saturated rings. The second-order valence-electron chi connectivity index (χ2n) is 9.06. The van der Waals surface area contributed by atoms with E-state index >= 15 is 0 Å². The smallest absolute Gasteiger partial charge is 0.338 e. The van der Waals surface area contributed by atoms with Crippen molar-refractivity contribution in [1.82, 2.24) is 9.55 Å². The number of hydrogen-bond donors (Lipinski definition) is 0. The summed E-state index contributed by atoms with van der Waals surface area (Å²) in [6.07, 6.45) is 0. The Bertz CT molecular complexity index is 1630. The van der Waals surface area contributed by atoms with Crippen molar-refractivity contribution in [2.45, 2.75) is 40.2 Å². The van der Waals surface area contributed by atoms with Crippen molar-refractivity contribution >= 4 is 28.0 Å². The largest absolute Gasteiger partial charge is 0.457 e. The van der Waals surface area contributed by atoms with E-state index in [0.29, 0.717) is 28.1 Å². The van der Waals surface area contributed by atoms with Crippen LogP contribution in [-0.2, 0) is 11.3 Å². The van der Waals surface area contributed by atoms with Crippen molar-refractivity contribution in [3.63, 3.8) is 0 Å². The highest BCUT2D eigenvalue weighted by atomic mass is 16.5. The first-order valence-corrected chi connectivity index (χ1v) is 11.6. The molecule has 0 atom stereocenters. The SMILES string of the molecule is Cc1cc2oc(=O)cc(COC(=O)c3ccc4c(c3)nc(C)n4-c3ccccc3)c2cc1C(C)C. The van der Waals surface area contributed by atoms with Crippen LogP contribution in [0.3, 0.4) is 0 Å². The number of carbonyl (C=O) groups is 1. The number of rotatable bonds is 5. The molecule has 0 N–H and O–H groups in total. The van der Waals surface area contributed by atoms with Gasteiger partial charge in [-0.25, -0.2) is 14.6 Å². The fraction of sp³-hybridized carbons (Fsp3) is 0.207. The van der Waals surface area contributed by atoms with Crippen LogP contribution in [0.25, 0.3) is 27.7 Å². The molecule has 0 amide bonds. The highest BCUT2D eigenvalue weighted by Gasteiger charge is 2.16. The van der Waals surface area contributed by atoms with Crippen LogP contribution in [0.1, 0.15) is 52.6 Å². The second kappa shape index (κ2) is 8.87. The maximum absolute atomic E-state index is 12.9. The van der Waals surface area contributed by atoms with E-state index < -0.39 is 11.6 Å². The molecule has 6 nitrogen and oxygen atoms in total. The minimum absolute atomic E-state index is 0.0307. The van der Waals surface area contributed by atoms with Gasteiger partial charge in [0, 0.05) is 22.7 Å². The molecule has 6 heteroatoms. The molecule has 0 aliphatic carbocycles. The molecule has 35 heavy (non-hydrogen) atoms. The molecule has 0 aliphatic rings. The topological polar surface area (TPSA) is 74.3 Å². The number of benzene rings is 3. The molecular formula is C29H26N2O4. The monoisotopic (exact) mass is 466 g/mol. The number of imidazole rings is 1. The zero-order valence-corrected chi connectivity index (χ0v) is 20.2. The van der Waals surface area contributed by atoms with Gasteiger partial charge in [0.05, 0.1) is 16.6 Å². The first kappa shape index (κ1) is 22.6. The van der Waals surface area contributed by atoms with Crippen LogP contribution in [0.4, 0.5) is 0 Å². The number of carbonyl (C=O) groups excluding carboxylic acids is 1. The summed E-state index contributed by atoms with van der Waals surface area (Å²) in [6.45, 7) is 8.13. The van der Waals surface area contributed by atoms with E-state index in [9.17, 15) is 9.59 Å². The van der Waals surface area contributed by atoms with E-state index in [2.05, 4.69) is 18.8 Å². The fourth-order valence-electron chi connectivity index (χ4n) is 4.59. The lowest BCUT2D eigenvalue weighted by Gasteiger charge is -2.13. The van der Waals surface area contributed by atoms with Gasteiger partial charge in [-0.2, -0.15) is 0 Å². The second-order valence-corrected chi connectivity index (χ2v) is 9.06. The maximum atomic E-state index is 12.9. The number of hydrogen-bond acceptors (Lipinski definition) is 5. The number of aromatic nitrogens is 2. The van der Waals surface area contributed by atoms with Crippen LogP contribution in [0.2, 0.25) is 0 Å². The van der Waals surface area contributed by atoms with Gasteiger partial charge in [0.15, 0.2) is 0 Å². The summed E-state index contributed by atoms with van der Waals surface area (Å²) in [5, 5.41) is 0.777. The molecule has 0 saturated heterocycles. The molecule has 3 aromatic carbocycles. The molecule has 5 rings (SSSR count). The predicted molar refractivity (Wildman–Crippen MR) is 136 cm³/mol. The van der Waals surface area contributed by atoms with Crippen LogP contribution >= 0.6 is 0 Å². The van der Waals surface area contributed by atoms with Gasteiger partial charge in [-0.1, -0.05) is 32.0 Å². The summed E-state index contributed by atoms with van der Waals surface area (Å²) in [7, 11) is 0. The van der Waals surface area contributed by atoms with Crippen molar-refractivity contribution in [3.05, 3.63) is 105 Å². The number of aryl methyl sites for hydroxylation is 2. The number of esters is 1. The van der Waals surface area contributed by atoms with Gasteiger partial charge in [-0.05, 0) is 73.4 Å². The molecule has 0 unspecified atom stereocenters. The van der Waals surface area contributed by atoms with E-state index in [1.165, 1.54) is 6.07 Å². The molecule has 5 aromatic rings. The van der Waals surface area contributed by atoms with Gasteiger partial charge >= 0.3 is 11.6 Å². The maximum Gasteiger partial charge on any atom is 0.338 e. The van der Waals surface area contributed by atoms with Crippen molar-refractivity contribution in [2.24, 2.45) is 0 Å². The molecule has 0 aliphatic heterocycles.